The highest BCUT2D eigenvalue weighted by Gasteiger charge is 2.28. The number of ether oxygens (including phenoxy) is 2. The van der Waals surface area contributed by atoms with E-state index in [2.05, 4.69) is 5.32 Å². The fraction of sp³-hybridized carbons (Fsp3) is 0.290. The normalized spacial score (nSPS) is 12.6. The summed E-state index contributed by atoms with van der Waals surface area (Å²) in [7, 11) is 1.52. The first kappa shape index (κ1) is 27.3. The average Bonchev–Trinajstić information content (AvgIpc) is 3.32. The number of anilines is 1. The maximum Gasteiger partial charge on any atom is 0.356 e. The van der Waals surface area contributed by atoms with Gasteiger partial charge in [0.2, 0.25) is 0 Å². The first-order valence-corrected chi connectivity index (χ1v) is 14.1. The number of benzene rings is 2. The van der Waals surface area contributed by atoms with Crippen molar-refractivity contribution in [1.82, 2.24) is 4.57 Å². The highest BCUT2D eigenvalue weighted by Crippen LogP contribution is 2.38. The van der Waals surface area contributed by atoms with E-state index < -0.39 is 24.5 Å². The van der Waals surface area contributed by atoms with Gasteiger partial charge in [0.1, 0.15) is 10.7 Å². The van der Waals surface area contributed by atoms with Crippen LogP contribution in [0.25, 0.3) is 21.9 Å². The van der Waals surface area contributed by atoms with Gasteiger partial charge < -0.3 is 19.4 Å². The highest BCUT2D eigenvalue weighted by atomic mass is 32.1. The highest BCUT2D eigenvalue weighted by molar-refractivity contribution is 7.17. The van der Waals surface area contributed by atoms with E-state index >= 15 is 0 Å². The van der Waals surface area contributed by atoms with Crippen LogP contribution in [0.5, 0.6) is 0 Å². The molecule has 2 heterocycles. The molecule has 4 aromatic rings. The molecule has 0 atom stereocenters. The number of nitrogens with zero attached hydrogens (tertiary/aromatic N) is 1. The Kier molecular flexibility index (Phi) is 7.84. The van der Waals surface area contributed by atoms with Crippen LogP contribution in [-0.4, -0.2) is 35.6 Å². The molecule has 9 heteroatoms. The van der Waals surface area contributed by atoms with E-state index in [1.807, 2.05) is 37.3 Å². The Hall–Kier alpha value is -4.24. The lowest BCUT2D eigenvalue weighted by molar-refractivity contribution is -0.119. The van der Waals surface area contributed by atoms with E-state index in [-0.39, 0.29) is 17.9 Å². The van der Waals surface area contributed by atoms with Crippen molar-refractivity contribution in [3.8, 4) is 11.1 Å². The summed E-state index contributed by atoms with van der Waals surface area (Å²) in [5.74, 6) is -1.85. The van der Waals surface area contributed by atoms with Crippen LogP contribution in [0.1, 0.15) is 56.6 Å². The zero-order valence-corrected chi connectivity index (χ0v) is 23.5. The largest absolute Gasteiger partial charge is 0.462 e. The van der Waals surface area contributed by atoms with E-state index in [1.54, 1.807) is 25.1 Å². The molecule has 0 fully saturated rings. The Morgan fingerprint density at radius 1 is 0.950 bits per heavy atom. The number of rotatable bonds is 7. The standard InChI is InChI=1S/C31H30N2O6S/c1-4-38-30(36)26-22-11-7-8-12-23(22)40-28(26)32-24(34)17-39-31(37)27-25(19-15-13-18(2)14-16-19)20-9-5-6-10-21(20)29(35)33(27)3/h5-6,9-10,13-16H,4,7-8,11-12,17H2,1-3H3,(H,32,34). The van der Waals surface area contributed by atoms with Crippen LogP contribution in [0.3, 0.4) is 0 Å². The molecule has 0 unspecified atom stereocenters. The second kappa shape index (κ2) is 11.5. The molecular formula is C31H30N2O6S. The predicted octanol–water partition coefficient (Wildman–Crippen LogP) is 5.43. The molecular weight excluding hydrogens is 528 g/mol. The van der Waals surface area contributed by atoms with Crippen molar-refractivity contribution in [2.75, 3.05) is 18.5 Å². The molecule has 0 bridgehead atoms. The van der Waals surface area contributed by atoms with Crippen molar-refractivity contribution in [3.63, 3.8) is 0 Å². The molecule has 1 aliphatic carbocycles. The van der Waals surface area contributed by atoms with E-state index in [1.165, 1.54) is 23.0 Å². The van der Waals surface area contributed by atoms with Crippen molar-refractivity contribution < 1.29 is 23.9 Å². The van der Waals surface area contributed by atoms with Crippen LogP contribution < -0.4 is 10.9 Å². The Labute approximate surface area is 235 Å². The smallest absolute Gasteiger partial charge is 0.356 e. The van der Waals surface area contributed by atoms with Gasteiger partial charge >= 0.3 is 11.9 Å². The van der Waals surface area contributed by atoms with Crippen molar-refractivity contribution in [1.29, 1.82) is 0 Å². The van der Waals surface area contributed by atoms with Crippen molar-refractivity contribution in [2.24, 2.45) is 7.05 Å². The molecule has 0 spiro atoms. The lowest BCUT2D eigenvalue weighted by Gasteiger charge is -2.17. The number of carbonyl (C=O) groups is 3. The van der Waals surface area contributed by atoms with Crippen LogP contribution >= 0.6 is 11.3 Å². The van der Waals surface area contributed by atoms with Gasteiger partial charge in [0.25, 0.3) is 11.5 Å². The number of hydrogen-bond donors (Lipinski definition) is 1. The van der Waals surface area contributed by atoms with Gasteiger partial charge in [0, 0.05) is 22.9 Å². The lowest BCUT2D eigenvalue weighted by Crippen LogP contribution is -2.28. The molecule has 206 valence electrons. The number of aryl methyl sites for hydroxylation is 2. The zero-order valence-electron chi connectivity index (χ0n) is 22.7. The van der Waals surface area contributed by atoms with Crippen molar-refractivity contribution in [2.45, 2.75) is 39.5 Å². The number of amides is 1. The van der Waals surface area contributed by atoms with Crippen LogP contribution in [0.15, 0.2) is 53.3 Å². The van der Waals surface area contributed by atoms with E-state index in [0.717, 1.165) is 47.3 Å². The van der Waals surface area contributed by atoms with E-state index in [0.29, 0.717) is 26.9 Å². The molecule has 8 nitrogen and oxygen atoms in total. The third kappa shape index (κ3) is 5.16. The summed E-state index contributed by atoms with van der Waals surface area (Å²) in [5, 5.41) is 4.26. The molecule has 5 rings (SSSR count). The van der Waals surface area contributed by atoms with Crippen LogP contribution in [0.4, 0.5) is 5.00 Å². The number of hydrogen-bond acceptors (Lipinski definition) is 7. The SMILES string of the molecule is CCOC(=O)c1c(NC(=O)COC(=O)c2c(-c3ccc(C)cc3)c3ccccc3c(=O)n2C)sc2c1CCCC2. The third-order valence-electron chi connectivity index (χ3n) is 7.08. The average molecular weight is 559 g/mol. The first-order valence-electron chi connectivity index (χ1n) is 13.3. The Morgan fingerprint density at radius 2 is 1.65 bits per heavy atom. The summed E-state index contributed by atoms with van der Waals surface area (Å²) in [4.78, 5) is 53.3. The molecule has 2 aromatic carbocycles. The topological polar surface area (TPSA) is 104 Å². The third-order valence-corrected chi connectivity index (χ3v) is 8.28. The predicted molar refractivity (Wildman–Crippen MR) is 155 cm³/mol. The van der Waals surface area contributed by atoms with Gasteiger partial charge in [-0.2, -0.15) is 0 Å². The quantitative estimate of drug-likeness (QED) is 0.304. The molecule has 0 saturated carbocycles. The maximum absolute atomic E-state index is 13.5. The summed E-state index contributed by atoms with van der Waals surface area (Å²) in [6.45, 7) is 3.34. The number of fused-ring (bicyclic) bond motifs is 2. The Morgan fingerprint density at radius 3 is 2.38 bits per heavy atom. The molecule has 0 saturated heterocycles. The number of aromatic nitrogens is 1. The number of pyridine rings is 1. The number of nitrogens with one attached hydrogen (secondary N) is 1. The van der Waals surface area contributed by atoms with Crippen LogP contribution in [0, 0.1) is 6.92 Å². The molecule has 0 radical (unpaired) electrons. The Balaban J connectivity index is 1.44. The fourth-order valence-electron chi connectivity index (χ4n) is 5.15. The summed E-state index contributed by atoms with van der Waals surface area (Å²) in [6, 6.07) is 14.7. The van der Waals surface area contributed by atoms with Gasteiger partial charge in [0.15, 0.2) is 6.61 Å². The summed E-state index contributed by atoms with van der Waals surface area (Å²) in [5.41, 5.74) is 3.38. The molecule has 1 amide bonds. The fourth-order valence-corrected chi connectivity index (χ4v) is 6.45. The zero-order chi connectivity index (χ0) is 28.4. The van der Waals surface area contributed by atoms with Crippen molar-refractivity contribution >= 4 is 45.0 Å². The minimum absolute atomic E-state index is 0.0548. The molecule has 40 heavy (non-hydrogen) atoms. The molecule has 0 aliphatic heterocycles. The number of esters is 2. The van der Waals surface area contributed by atoms with Gasteiger partial charge in [-0.15, -0.1) is 11.3 Å². The van der Waals surface area contributed by atoms with Gasteiger partial charge in [-0.3, -0.25) is 9.59 Å². The maximum atomic E-state index is 13.5. The Bertz CT molecular complexity index is 1680. The van der Waals surface area contributed by atoms with Gasteiger partial charge in [0.05, 0.1) is 12.2 Å². The van der Waals surface area contributed by atoms with Gasteiger partial charge in [-0.05, 0) is 62.1 Å². The van der Waals surface area contributed by atoms with Gasteiger partial charge in [-0.25, -0.2) is 9.59 Å². The molecule has 1 aliphatic rings. The van der Waals surface area contributed by atoms with Gasteiger partial charge in [-0.1, -0.05) is 48.0 Å². The van der Waals surface area contributed by atoms with E-state index in [9.17, 15) is 19.2 Å². The van der Waals surface area contributed by atoms with Crippen LogP contribution in [0.2, 0.25) is 0 Å². The summed E-state index contributed by atoms with van der Waals surface area (Å²) < 4.78 is 12.0. The summed E-state index contributed by atoms with van der Waals surface area (Å²) >= 11 is 1.36. The monoisotopic (exact) mass is 558 g/mol. The first-order chi connectivity index (χ1) is 19.3. The number of carbonyl (C=O) groups excluding carboxylic acids is 3. The number of thiophene rings is 1. The van der Waals surface area contributed by atoms with E-state index in [4.69, 9.17) is 9.47 Å². The summed E-state index contributed by atoms with van der Waals surface area (Å²) in [6.07, 6.45) is 3.58. The van der Waals surface area contributed by atoms with Crippen LogP contribution in [-0.2, 0) is 34.2 Å². The second-order valence-corrected chi connectivity index (χ2v) is 10.9. The minimum atomic E-state index is -0.799. The molecule has 1 N–H and O–H groups in total. The lowest BCUT2D eigenvalue weighted by atomic mass is 9.95. The molecule has 2 aromatic heterocycles. The minimum Gasteiger partial charge on any atom is -0.462 e. The second-order valence-electron chi connectivity index (χ2n) is 9.76. The van der Waals surface area contributed by atoms with Crippen molar-refractivity contribution in [3.05, 3.63) is 86.1 Å².